The smallest absolute Gasteiger partial charge is 0.160 e. The predicted octanol–water partition coefficient (Wildman–Crippen LogP) is 2.27. The van der Waals surface area contributed by atoms with Crippen LogP contribution in [0.15, 0.2) is 0 Å². The Bertz CT molecular complexity index is 70.8. The Morgan fingerprint density at radius 3 is 2.70 bits per heavy atom. The molecule has 0 aromatic heterocycles. The van der Waals surface area contributed by atoms with Gasteiger partial charge in [-0.15, -0.1) is 11.6 Å². The van der Waals surface area contributed by atoms with E-state index in [-0.39, 0.29) is 6.10 Å². The van der Waals surface area contributed by atoms with Crippen LogP contribution in [-0.4, -0.2) is 24.5 Å². The Morgan fingerprint density at radius 1 is 1.50 bits per heavy atom. The van der Waals surface area contributed by atoms with Crippen LogP contribution in [0.5, 0.6) is 0 Å². The van der Waals surface area contributed by atoms with Crippen molar-refractivity contribution in [2.75, 3.05) is 18.4 Å². The van der Waals surface area contributed by atoms with Gasteiger partial charge in [-0.2, -0.15) is 0 Å². The third-order valence-corrected chi connectivity index (χ3v) is 1.74. The van der Waals surface area contributed by atoms with E-state index in [1.165, 1.54) is 12.0 Å². The fourth-order valence-corrected chi connectivity index (χ4v) is 0.782. The van der Waals surface area contributed by atoms with Crippen molar-refractivity contribution in [3.8, 4) is 0 Å². The lowest BCUT2D eigenvalue weighted by Crippen LogP contribution is -2.04. The summed E-state index contributed by atoms with van der Waals surface area (Å²) in [6, 6.07) is 0. The summed E-state index contributed by atoms with van der Waals surface area (Å²) in [4.78, 5) is 0. The summed E-state index contributed by atoms with van der Waals surface area (Å²) in [5.74, 6) is 1.43. The van der Waals surface area contributed by atoms with Gasteiger partial charge in [0.1, 0.15) is 0 Å². The van der Waals surface area contributed by atoms with E-state index in [4.69, 9.17) is 20.5 Å². The van der Waals surface area contributed by atoms with E-state index in [2.05, 4.69) is 0 Å². The first kappa shape index (κ1) is 10.6. The van der Waals surface area contributed by atoms with Gasteiger partial charge in [-0.1, -0.05) is 0 Å². The van der Waals surface area contributed by atoms with Crippen molar-refractivity contribution in [3.05, 3.63) is 0 Å². The molecule has 2 nitrogen and oxygen atoms in total. The Balaban J connectivity index is 2.77. The highest BCUT2D eigenvalue weighted by atomic mass is 35.5. The van der Waals surface area contributed by atoms with Crippen molar-refractivity contribution in [2.45, 2.75) is 20.0 Å². The second kappa shape index (κ2) is 7.66. The molecule has 0 saturated heterocycles. The standard InChI is InChI=1S/C6H13ClO2S/c1-6(2)8-5-9-10-4-3-7/h6H,3-5H2,1-2H3. The molecule has 0 fully saturated rings. The van der Waals surface area contributed by atoms with Crippen LogP contribution >= 0.6 is 23.6 Å². The van der Waals surface area contributed by atoms with E-state index in [9.17, 15) is 0 Å². The first-order valence-electron chi connectivity index (χ1n) is 3.19. The summed E-state index contributed by atoms with van der Waals surface area (Å²) < 4.78 is 10.1. The largest absolute Gasteiger partial charge is 0.352 e. The molecule has 0 aliphatic carbocycles. The van der Waals surface area contributed by atoms with E-state index in [0.717, 1.165) is 5.75 Å². The zero-order chi connectivity index (χ0) is 7.82. The molecule has 0 radical (unpaired) electrons. The van der Waals surface area contributed by atoms with Crippen molar-refractivity contribution in [1.29, 1.82) is 0 Å². The lowest BCUT2D eigenvalue weighted by atomic mass is 10.5. The van der Waals surface area contributed by atoms with Gasteiger partial charge in [0.15, 0.2) is 6.79 Å². The average molecular weight is 185 g/mol. The van der Waals surface area contributed by atoms with E-state index in [0.29, 0.717) is 12.7 Å². The SMILES string of the molecule is CC(C)OCOSCCCl. The molecule has 4 heteroatoms. The van der Waals surface area contributed by atoms with Crippen LogP contribution in [-0.2, 0) is 8.92 Å². The van der Waals surface area contributed by atoms with Gasteiger partial charge in [-0.3, -0.25) is 4.18 Å². The van der Waals surface area contributed by atoms with E-state index in [1.54, 1.807) is 0 Å². The van der Waals surface area contributed by atoms with Crippen LogP contribution in [0.1, 0.15) is 13.8 Å². The molecular formula is C6H13ClO2S. The predicted molar refractivity (Wildman–Crippen MR) is 45.4 cm³/mol. The molecule has 0 aromatic carbocycles. The number of halogens is 1. The average Bonchev–Trinajstić information content (AvgIpc) is 1.87. The van der Waals surface area contributed by atoms with Crippen molar-refractivity contribution in [1.82, 2.24) is 0 Å². The summed E-state index contributed by atoms with van der Waals surface area (Å²) in [5, 5.41) is 0. The topological polar surface area (TPSA) is 18.5 Å². The molecule has 10 heavy (non-hydrogen) atoms. The number of hydrogen-bond donors (Lipinski definition) is 0. The molecule has 0 bridgehead atoms. The Kier molecular flexibility index (Phi) is 8.09. The van der Waals surface area contributed by atoms with Crippen molar-refractivity contribution in [3.63, 3.8) is 0 Å². The number of alkyl halides is 1. The molecule has 0 atom stereocenters. The van der Waals surface area contributed by atoms with Gasteiger partial charge in [0.25, 0.3) is 0 Å². The molecule has 0 amide bonds. The molecule has 0 N–H and O–H groups in total. The molecule has 0 aliphatic heterocycles. The van der Waals surface area contributed by atoms with Gasteiger partial charge in [0.05, 0.1) is 6.10 Å². The summed E-state index contributed by atoms with van der Waals surface area (Å²) in [5.41, 5.74) is 0. The monoisotopic (exact) mass is 184 g/mol. The number of rotatable bonds is 6. The normalized spacial score (nSPS) is 10.8. The van der Waals surface area contributed by atoms with E-state index in [1.807, 2.05) is 13.8 Å². The number of ether oxygens (including phenoxy) is 1. The first-order chi connectivity index (χ1) is 4.77. The molecule has 0 heterocycles. The fourth-order valence-electron chi connectivity index (χ4n) is 0.288. The molecule has 0 rings (SSSR count). The highest BCUT2D eigenvalue weighted by Gasteiger charge is 1.92. The minimum Gasteiger partial charge on any atom is -0.352 e. The molecule has 0 unspecified atom stereocenters. The quantitative estimate of drug-likeness (QED) is 0.273. The zero-order valence-corrected chi connectivity index (χ0v) is 7.87. The van der Waals surface area contributed by atoms with Gasteiger partial charge in [0, 0.05) is 11.6 Å². The van der Waals surface area contributed by atoms with Crippen molar-refractivity contribution < 1.29 is 8.92 Å². The van der Waals surface area contributed by atoms with Gasteiger partial charge in [-0.25, -0.2) is 0 Å². The van der Waals surface area contributed by atoms with Crippen LogP contribution in [0.4, 0.5) is 0 Å². The third-order valence-electron chi connectivity index (χ3n) is 0.693. The van der Waals surface area contributed by atoms with Gasteiger partial charge < -0.3 is 4.74 Å². The van der Waals surface area contributed by atoms with Crippen LogP contribution in [0.3, 0.4) is 0 Å². The lowest BCUT2D eigenvalue weighted by Gasteiger charge is -2.05. The zero-order valence-electron chi connectivity index (χ0n) is 6.30. The summed E-state index contributed by atoms with van der Waals surface area (Å²) in [6.45, 7) is 4.28. The Labute approximate surface area is 71.4 Å². The molecular weight excluding hydrogens is 172 g/mol. The Hall–Kier alpha value is 0.560. The summed E-state index contributed by atoms with van der Waals surface area (Å²) in [6.07, 6.45) is 0.233. The van der Waals surface area contributed by atoms with E-state index >= 15 is 0 Å². The Morgan fingerprint density at radius 2 is 2.20 bits per heavy atom. The van der Waals surface area contributed by atoms with Crippen molar-refractivity contribution in [2.24, 2.45) is 0 Å². The second-order valence-corrected chi connectivity index (χ2v) is 3.22. The molecule has 0 spiro atoms. The van der Waals surface area contributed by atoms with Crippen LogP contribution in [0.25, 0.3) is 0 Å². The minimum absolute atomic E-state index is 0.233. The molecule has 0 aromatic rings. The lowest BCUT2D eigenvalue weighted by molar-refractivity contribution is -0.00977. The highest BCUT2D eigenvalue weighted by Crippen LogP contribution is 2.03. The summed E-state index contributed by atoms with van der Waals surface area (Å²) in [7, 11) is 0. The van der Waals surface area contributed by atoms with Gasteiger partial charge in [-0.05, 0) is 25.9 Å². The third kappa shape index (κ3) is 8.56. The van der Waals surface area contributed by atoms with Gasteiger partial charge >= 0.3 is 0 Å². The fraction of sp³-hybridized carbons (Fsp3) is 1.00. The second-order valence-electron chi connectivity index (χ2n) is 1.96. The highest BCUT2D eigenvalue weighted by molar-refractivity contribution is 7.94. The maximum absolute atomic E-state index is 5.40. The van der Waals surface area contributed by atoms with Crippen LogP contribution in [0, 0.1) is 0 Å². The number of hydrogen-bond acceptors (Lipinski definition) is 3. The first-order valence-corrected chi connectivity index (χ1v) is 4.64. The van der Waals surface area contributed by atoms with Gasteiger partial charge in [0.2, 0.25) is 0 Å². The van der Waals surface area contributed by atoms with Crippen LogP contribution in [0.2, 0.25) is 0 Å². The molecule has 0 aliphatic rings. The maximum atomic E-state index is 5.40. The minimum atomic E-state index is 0.233. The maximum Gasteiger partial charge on any atom is 0.160 e. The molecule has 62 valence electrons. The molecule has 0 saturated carbocycles. The summed E-state index contributed by atoms with van der Waals surface area (Å²) >= 11 is 6.74. The van der Waals surface area contributed by atoms with Crippen molar-refractivity contribution >= 4 is 23.6 Å². The van der Waals surface area contributed by atoms with Crippen LogP contribution < -0.4 is 0 Å². The van der Waals surface area contributed by atoms with E-state index < -0.39 is 0 Å².